The molecule has 8 nitrogen and oxygen atoms in total. The molecule has 0 bridgehead atoms. The van der Waals surface area contributed by atoms with Gasteiger partial charge < -0.3 is 9.72 Å². The second kappa shape index (κ2) is 7.75. The quantitative estimate of drug-likeness (QED) is 0.464. The highest BCUT2D eigenvalue weighted by Gasteiger charge is 2.30. The number of esters is 1. The molecular formula is C21H19N3O5S. The number of aryl methyl sites for hydroxylation is 1. The van der Waals surface area contributed by atoms with Gasteiger partial charge in [0.05, 0.1) is 4.90 Å². The lowest BCUT2D eigenvalue weighted by Gasteiger charge is -2.04. The zero-order valence-electron chi connectivity index (χ0n) is 16.1. The molecule has 4 rings (SSSR count). The van der Waals surface area contributed by atoms with Gasteiger partial charge in [0.1, 0.15) is 12.4 Å². The number of benzene rings is 2. The minimum Gasteiger partial charge on any atom is -0.456 e. The number of hydrogen-bond donors (Lipinski definition) is 2. The van der Waals surface area contributed by atoms with Crippen LogP contribution in [0.25, 0.3) is 10.9 Å². The molecule has 9 heteroatoms. The smallest absolute Gasteiger partial charge is 0.328 e. The summed E-state index contributed by atoms with van der Waals surface area (Å²) in [6.45, 7) is 1.20. The van der Waals surface area contributed by atoms with Crippen molar-refractivity contribution < 1.29 is 22.7 Å². The molecule has 1 aliphatic heterocycles. The summed E-state index contributed by atoms with van der Waals surface area (Å²) in [5.41, 5.74) is 2.84. The van der Waals surface area contributed by atoms with Gasteiger partial charge in [-0.3, -0.25) is 19.3 Å². The number of aromatic nitrogens is 1. The van der Waals surface area contributed by atoms with E-state index in [9.17, 15) is 18.0 Å². The molecular weight excluding hydrogens is 406 g/mol. The minimum absolute atomic E-state index is 0.0811. The molecule has 0 unspecified atom stereocenters. The van der Waals surface area contributed by atoms with Crippen molar-refractivity contribution in [1.29, 1.82) is 0 Å². The van der Waals surface area contributed by atoms with E-state index in [1.165, 1.54) is 6.07 Å². The van der Waals surface area contributed by atoms with Crippen LogP contribution in [0, 0.1) is 0 Å². The molecule has 0 saturated carbocycles. The zero-order chi connectivity index (χ0) is 21.3. The van der Waals surface area contributed by atoms with Crippen molar-refractivity contribution in [1.82, 2.24) is 9.71 Å². The number of fused-ring (bicyclic) bond motifs is 2. The van der Waals surface area contributed by atoms with E-state index in [4.69, 9.17) is 4.74 Å². The van der Waals surface area contributed by atoms with Crippen LogP contribution in [-0.4, -0.2) is 44.1 Å². The number of ketones is 1. The van der Waals surface area contributed by atoms with Gasteiger partial charge in [-0.25, -0.2) is 8.42 Å². The van der Waals surface area contributed by atoms with Crippen molar-refractivity contribution in [3.05, 3.63) is 65.4 Å². The first-order valence-electron chi connectivity index (χ1n) is 9.35. The van der Waals surface area contributed by atoms with Gasteiger partial charge in [-0.15, -0.1) is 0 Å². The van der Waals surface area contributed by atoms with Crippen LogP contribution in [0.3, 0.4) is 0 Å². The number of hydrogen-bond acceptors (Lipinski definition) is 6. The fourth-order valence-corrected chi connectivity index (χ4v) is 4.66. The van der Waals surface area contributed by atoms with Gasteiger partial charge in [-0.1, -0.05) is 37.3 Å². The third-order valence-electron chi connectivity index (χ3n) is 4.88. The van der Waals surface area contributed by atoms with E-state index in [0.717, 1.165) is 22.9 Å². The Morgan fingerprint density at radius 1 is 1.10 bits per heavy atom. The molecule has 3 aromatic rings. The zero-order valence-corrected chi connectivity index (χ0v) is 17.0. The van der Waals surface area contributed by atoms with E-state index in [1.807, 2.05) is 25.1 Å². The Kier molecular flexibility index (Phi) is 5.13. The van der Waals surface area contributed by atoms with Gasteiger partial charge in [0.25, 0.3) is 10.0 Å². The largest absolute Gasteiger partial charge is 0.456 e. The first-order chi connectivity index (χ1) is 14.4. The molecule has 2 N–H and O–H groups in total. The number of aliphatic imine (C=N–C) groups is 1. The summed E-state index contributed by atoms with van der Waals surface area (Å²) in [5.74, 6) is -0.978. The van der Waals surface area contributed by atoms with E-state index in [-0.39, 0.29) is 16.5 Å². The SMILES string of the molecule is CCc1cccc2c(C(=O)COC(=O)CN=C3NS(=O)(=O)c4ccccc43)c[nH]c12. The van der Waals surface area contributed by atoms with Gasteiger partial charge in [0.15, 0.2) is 6.61 Å². The lowest BCUT2D eigenvalue weighted by molar-refractivity contribution is -0.140. The number of amidine groups is 1. The van der Waals surface area contributed by atoms with Crippen LogP contribution in [0.1, 0.15) is 28.4 Å². The summed E-state index contributed by atoms with van der Waals surface area (Å²) >= 11 is 0. The monoisotopic (exact) mass is 425 g/mol. The molecule has 154 valence electrons. The van der Waals surface area contributed by atoms with Gasteiger partial charge in [0, 0.05) is 28.2 Å². The van der Waals surface area contributed by atoms with Gasteiger partial charge in [-0.05, 0) is 24.1 Å². The number of H-pyrrole nitrogens is 1. The number of aromatic amines is 1. The Morgan fingerprint density at radius 3 is 2.70 bits per heavy atom. The number of rotatable bonds is 6. The fourth-order valence-electron chi connectivity index (χ4n) is 3.41. The molecule has 1 aliphatic rings. The Balaban J connectivity index is 1.42. The third kappa shape index (κ3) is 3.59. The first kappa shape index (κ1) is 19.8. The highest BCUT2D eigenvalue weighted by Crippen LogP contribution is 2.23. The number of ether oxygens (including phenoxy) is 1. The molecule has 0 atom stereocenters. The van der Waals surface area contributed by atoms with Crippen LogP contribution in [0.15, 0.2) is 58.5 Å². The van der Waals surface area contributed by atoms with Gasteiger partial charge >= 0.3 is 5.97 Å². The summed E-state index contributed by atoms with van der Waals surface area (Å²) in [5, 5.41) is 0.785. The first-order valence-corrected chi connectivity index (χ1v) is 10.8. The normalized spacial score (nSPS) is 15.7. The topological polar surface area (TPSA) is 118 Å². The second-order valence-electron chi connectivity index (χ2n) is 6.75. The minimum atomic E-state index is -3.68. The van der Waals surface area contributed by atoms with E-state index in [0.29, 0.717) is 11.1 Å². The number of nitrogens with one attached hydrogen (secondary N) is 2. The van der Waals surface area contributed by atoms with Gasteiger partial charge in [-0.2, -0.15) is 0 Å². The number of nitrogens with zero attached hydrogens (tertiary/aromatic N) is 1. The molecule has 30 heavy (non-hydrogen) atoms. The standard InChI is InChI=1S/C21H19N3O5S/c1-2-13-6-5-8-14-16(10-22-20(13)14)17(25)12-29-19(26)11-23-21-15-7-3-4-9-18(15)30(27,28)24-21/h3-10,22H,2,11-12H2,1H3,(H,23,24). The number of sulfonamides is 1. The lowest BCUT2D eigenvalue weighted by atomic mass is 10.1. The third-order valence-corrected chi connectivity index (χ3v) is 6.27. The van der Waals surface area contributed by atoms with Crippen LogP contribution in [0.4, 0.5) is 0 Å². The maximum atomic E-state index is 12.5. The highest BCUT2D eigenvalue weighted by atomic mass is 32.2. The van der Waals surface area contributed by atoms with Crippen molar-refractivity contribution in [3.8, 4) is 0 Å². The van der Waals surface area contributed by atoms with Crippen molar-refractivity contribution >= 4 is 38.5 Å². The van der Waals surface area contributed by atoms with Gasteiger partial charge in [0.2, 0.25) is 5.78 Å². The molecule has 0 spiro atoms. The van der Waals surface area contributed by atoms with Crippen molar-refractivity contribution in [2.24, 2.45) is 4.99 Å². The lowest BCUT2D eigenvalue weighted by Crippen LogP contribution is -2.24. The average molecular weight is 425 g/mol. The maximum Gasteiger partial charge on any atom is 0.328 e. The number of carbonyl (C=O) groups excluding carboxylic acids is 2. The van der Waals surface area contributed by atoms with E-state index >= 15 is 0 Å². The molecule has 2 aromatic carbocycles. The second-order valence-corrected chi connectivity index (χ2v) is 8.40. The summed E-state index contributed by atoms with van der Waals surface area (Å²) < 4.78 is 31.5. The van der Waals surface area contributed by atoms with Crippen molar-refractivity contribution in [3.63, 3.8) is 0 Å². The van der Waals surface area contributed by atoms with Crippen LogP contribution in [0.2, 0.25) is 0 Å². The number of para-hydroxylation sites is 1. The molecule has 0 saturated heterocycles. The summed E-state index contributed by atoms with van der Waals surface area (Å²) in [7, 11) is -3.68. The predicted octanol–water partition coefficient (Wildman–Crippen LogP) is 2.19. The Hall–Kier alpha value is -3.46. The summed E-state index contributed by atoms with van der Waals surface area (Å²) in [6.07, 6.45) is 2.44. The summed E-state index contributed by atoms with van der Waals surface area (Å²) in [4.78, 5) is 31.8. The van der Waals surface area contributed by atoms with E-state index in [1.54, 1.807) is 24.4 Å². The average Bonchev–Trinajstić information content (AvgIpc) is 3.29. The van der Waals surface area contributed by atoms with Crippen molar-refractivity contribution in [2.75, 3.05) is 13.2 Å². The molecule has 0 aliphatic carbocycles. The van der Waals surface area contributed by atoms with Crippen LogP contribution in [-0.2, 0) is 26.0 Å². The molecule has 1 aromatic heterocycles. The maximum absolute atomic E-state index is 12.5. The Bertz CT molecular complexity index is 1290. The van der Waals surface area contributed by atoms with Crippen LogP contribution >= 0.6 is 0 Å². The highest BCUT2D eigenvalue weighted by molar-refractivity contribution is 7.90. The predicted molar refractivity (Wildman–Crippen MR) is 111 cm³/mol. The Morgan fingerprint density at radius 2 is 1.90 bits per heavy atom. The van der Waals surface area contributed by atoms with E-state index in [2.05, 4.69) is 14.7 Å². The molecule has 0 amide bonds. The fraction of sp³-hybridized carbons (Fsp3) is 0.190. The Labute approximate surface area is 173 Å². The van der Waals surface area contributed by atoms with Crippen LogP contribution < -0.4 is 4.72 Å². The molecule has 0 radical (unpaired) electrons. The molecule has 0 fully saturated rings. The number of carbonyl (C=O) groups is 2. The van der Waals surface area contributed by atoms with Crippen LogP contribution in [0.5, 0.6) is 0 Å². The molecule has 2 heterocycles. The van der Waals surface area contributed by atoms with E-state index < -0.39 is 29.1 Å². The summed E-state index contributed by atoms with van der Waals surface area (Å²) in [6, 6.07) is 12.1. The number of Topliss-reactive ketones (excluding diaryl/α,β-unsaturated/α-hetero) is 1. The van der Waals surface area contributed by atoms with Crippen molar-refractivity contribution in [2.45, 2.75) is 18.2 Å².